The standard InChI is InChI=1S/C10H14ClN3O3/c11-4-8(15)13-10(17)14-3-1-2-6-7(14)5-12-9(6)16/h6-7H,1-5H2,(H,12,16)(H,13,15,17). The van der Waals surface area contributed by atoms with Crippen LogP contribution in [0.5, 0.6) is 0 Å². The van der Waals surface area contributed by atoms with Gasteiger partial charge in [-0.3, -0.25) is 14.9 Å². The number of amides is 4. The van der Waals surface area contributed by atoms with Crippen LogP contribution in [0.1, 0.15) is 12.8 Å². The van der Waals surface area contributed by atoms with E-state index in [-0.39, 0.29) is 23.7 Å². The van der Waals surface area contributed by atoms with E-state index in [1.165, 1.54) is 0 Å². The molecule has 2 unspecified atom stereocenters. The molecule has 0 aromatic carbocycles. The van der Waals surface area contributed by atoms with Crippen molar-refractivity contribution in [1.29, 1.82) is 0 Å². The molecular weight excluding hydrogens is 246 g/mol. The Bertz CT molecular complexity index is 361. The van der Waals surface area contributed by atoms with Gasteiger partial charge in [-0.05, 0) is 12.8 Å². The lowest BCUT2D eigenvalue weighted by Crippen LogP contribution is -2.53. The summed E-state index contributed by atoms with van der Waals surface area (Å²) < 4.78 is 0. The van der Waals surface area contributed by atoms with Crippen LogP contribution in [0.15, 0.2) is 0 Å². The topological polar surface area (TPSA) is 78.5 Å². The minimum absolute atomic E-state index is 0.00355. The van der Waals surface area contributed by atoms with Crippen LogP contribution in [-0.4, -0.2) is 47.8 Å². The van der Waals surface area contributed by atoms with Crippen molar-refractivity contribution in [2.45, 2.75) is 18.9 Å². The molecule has 0 spiro atoms. The highest BCUT2D eigenvalue weighted by Crippen LogP contribution is 2.27. The second kappa shape index (κ2) is 4.91. The number of fused-ring (bicyclic) bond motifs is 1. The van der Waals surface area contributed by atoms with Crippen molar-refractivity contribution < 1.29 is 14.4 Å². The highest BCUT2D eigenvalue weighted by Gasteiger charge is 2.42. The normalized spacial score (nSPS) is 27.4. The second-order valence-corrected chi connectivity index (χ2v) is 4.51. The number of imide groups is 1. The molecule has 2 saturated heterocycles. The third-order valence-corrected chi connectivity index (χ3v) is 3.47. The van der Waals surface area contributed by atoms with Crippen LogP contribution in [0.4, 0.5) is 4.79 Å². The quantitative estimate of drug-likeness (QED) is 0.633. The van der Waals surface area contributed by atoms with Crippen LogP contribution in [-0.2, 0) is 9.59 Å². The minimum Gasteiger partial charge on any atom is -0.354 e. The molecule has 94 valence electrons. The summed E-state index contributed by atoms with van der Waals surface area (Å²) in [5, 5.41) is 4.95. The van der Waals surface area contributed by atoms with E-state index < -0.39 is 11.9 Å². The fourth-order valence-corrected chi connectivity index (χ4v) is 2.49. The number of nitrogens with one attached hydrogen (secondary N) is 2. The van der Waals surface area contributed by atoms with Crippen LogP contribution < -0.4 is 10.6 Å². The van der Waals surface area contributed by atoms with Crippen molar-refractivity contribution in [3.8, 4) is 0 Å². The molecule has 2 aliphatic rings. The molecule has 6 nitrogen and oxygen atoms in total. The van der Waals surface area contributed by atoms with Gasteiger partial charge in [0.15, 0.2) is 0 Å². The molecule has 17 heavy (non-hydrogen) atoms. The average Bonchev–Trinajstić information content (AvgIpc) is 2.71. The molecule has 4 amide bonds. The Morgan fingerprint density at radius 1 is 1.53 bits per heavy atom. The number of rotatable bonds is 1. The van der Waals surface area contributed by atoms with Crippen LogP contribution in [0.25, 0.3) is 0 Å². The number of hydrogen-bond donors (Lipinski definition) is 2. The number of halogens is 1. The predicted molar refractivity (Wildman–Crippen MR) is 60.5 cm³/mol. The smallest absolute Gasteiger partial charge is 0.324 e. The summed E-state index contributed by atoms with van der Waals surface area (Å²) in [5.41, 5.74) is 0. The van der Waals surface area contributed by atoms with Crippen LogP contribution >= 0.6 is 11.6 Å². The van der Waals surface area contributed by atoms with Crippen molar-refractivity contribution in [2.75, 3.05) is 19.0 Å². The number of hydrogen-bond acceptors (Lipinski definition) is 3. The summed E-state index contributed by atoms with van der Waals surface area (Å²) >= 11 is 5.32. The van der Waals surface area contributed by atoms with Gasteiger partial charge < -0.3 is 10.2 Å². The molecule has 7 heteroatoms. The second-order valence-electron chi connectivity index (χ2n) is 4.24. The van der Waals surface area contributed by atoms with Crippen molar-refractivity contribution in [3.63, 3.8) is 0 Å². The molecule has 2 rings (SSSR count). The molecule has 0 aliphatic carbocycles. The highest BCUT2D eigenvalue weighted by molar-refractivity contribution is 6.28. The molecule has 0 bridgehead atoms. The maximum Gasteiger partial charge on any atom is 0.324 e. The first-order valence-electron chi connectivity index (χ1n) is 5.57. The van der Waals surface area contributed by atoms with E-state index in [4.69, 9.17) is 11.6 Å². The Morgan fingerprint density at radius 2 is 2.29 bits per heavy atom. The number of carbonyl (C=O) groups excluding carboxylic acids is 3. The maximum atomic E-state index is 11.8. The Balaban J connectivity index is 2.02. The van der Waals surface area contributed by atoms with Crippen molar-refractivity contribution >= 4 is 29.4 Å². The van der Waals surface area contributed by atoms with Gasteiger partial charge in [-0.2, -0.15) is 0 Å². The zero-order chi connectivity index (χ0) is 12.4. The summed E-state index contributed by atoms with van der Waals surface area (Å²) in [6.07, 6.45) is 1.57. The maximum absolute atomic E-state index is 11.8. The number of piperidine rings is 1. The summed E-state index contributed by atoms with van der Waals surface area (Å²) in [6.45, 7) is 1.03. The third-order valence-electron chi connectivity index (χ3n) is 3.23. The fraction of sp³-hybridized carbons (Fsp3) is 0.700. The molecule has 2 N–H and O–H groups in total. The van der Waals surface area contributed by atoms with Crippen LogP contribution in [0.3, 0.4) is 0 Å². The average molecular weight is 260 g/mol. The van der Waals surface area contributed by atoms with E-state index in [9.17, 15) is 14.4 Å². The molecule has 0 aromatic rings. The summed E-state index contributed by atoms with van der Waals surface area (Å²) in [4.78, 5) is 35.9. The van der Waals surface area contributed by atoms with Gasteiger partial charge in [-0.25, -0.2) is 4.79 Å². The monoisotopic (exact) mass is 259 g/mol. The largest absolute Gasteiger partial charge is 0.354 e. The molecule has 2 atom stereocenters. The van der Waals surface area contributed by atoms with Gasteiger partial charge in [-0.15, -0.1) is 11.6 Å². The van der Waals surface area contributed by atoms with Gasteiger partial charge >= 0.3 is 6.03 Å². The Kier molecular flexibility index (Phi) is 3.51. The van der Waals surface area contributed by atoms with Gasteiger partial charge in [0.2, 0.25) is 11.8 Å². The van der Waals surface area contributed by atoms with E-state index in [1.54, 1.807) is 4.90 Å². The lowest BCUT2D eigenvalue weighted by Gasteiger charge is -2.35. The van der Waals surface area contributed by atoms with Crippen LogP contribution in [0, 0.1) is 5.92 Å². The Morgan fingerprint density at radius 3 is 3.00 bits per heavy atom. The van der Waals surface area contributed by atoms with Gasteiger partial charge in [0.05, 0.1) is 12.0 Å². The third kappa shape index (κ3) is 2.36. The zero-order valence-corrected chi connectivity index (χ0v) is 10.00. The van der Waals surface area contributed by atoms with E-state index >= 15 is 0 Å². The SMILES string of the molecule is O=C(CCl)NC(=O)N1CCCC2C(=O)NCC21. The lowest BCUT2D eigenvalue weighted by atomic mass is 9.92. The summed E-state index contributed by atoms with van der Waals surface area (Å²) in [6, 6.07) is -0.596. The number of likely N-dealkylation sites (tertiary alicyclic amines) is 1. The fourth-order valence-electron chi connectivity index (χ4n) is 2.43. The van der Waals surface area contributed by atoms with Crippen molar-refractivity contribution in [1.82, 2.24) is 15.5 Å². The molecule has 2 fully saturated rings. The molecule has 2 aliphatic heterocycles. The van der Waals surface area contributed by atoms with Crippen molar-refractivity contribution in [2.24, 2.45) is 5.92 Å². The number of urea groups is 1. The molecular formula is C10H14ClN3O3. The van der Waals surface area contributed by atoms with Gasteiger partial charge in [-0.1, -0.05) is 0 Å². The van der Waals surface area contributed by atoms with Gasteiger partial charge in [0.1, 0.15) is 5.88 Å². The number of alkyl halides is 1. The van der Waals surface area contributed by atoms with E-state index in [0.717, 1.165) is 12.8 Å². The Labute approximate surface area is 104 Å². The molecule has 2 heterocycles. The summed E-state index contributed by atoms with van der Waals surface area (Å²) in [5.74, 6) is -0.905. The lowest BCUT2D eigenvalue weighted by molar-refractivity contribution is -0.123. The van der Waals surface area contributed by atoms with E-state index in [0.29, 0.717) is 13.1 Å². The van der Waals surface area contributed by atoms with Crippen LogP contribution in [0.2, 0.25) is 0 Å². The highest BCUT2D eigenvalue weighted by atomic mass is 35.5. The zero-order valence-electron chi connectivity index (χ0n) is 9.24. The minimum atomic E-state index is -0.518. The van der Waals surface area contributed by atoms with Gasteiger partial charge in [0.25, 0.3) is 0 Å². The number of carbonyl (C=O) groups is 3. The van der Waals surface area contributed by atoms with E-state index in [1.807, 2.05) is 0 Å². The number of nitrogens with zero attached hydrogens (tertiary/aromatic N) is 1. The van der Waals surface area contributed by atoms with Gasteiger partial charge in [0, 0.05) is 13.1 Å². The first kappa shape index (κ1) is 12.2. The Hall–Kier alpha value is -1.30. The molecule has 0 aromatic heterocycles. The summed E-state index contributed by atoms with van der Waals surface area (Å²) in [7, 11) is 0. The van der Waals surface area contributed by atoms with Crippen molar-refractivity contribution in [3.05, 3.63) is 0 Å². The van der Waals surface area contributed by atoms with E-state index in [2.05, 4.69) is 10.6 Å². The molecule has 0 saturated carbocycles. The molecule has 0 radical (unpaired) electrons. The first-order valence-corrected chi connectivity index (χ1v) is 6.11. The predicted octanol–water partition coefficient (Wildman–Crippen LogP) is -0.328. The first-order chi connectivity index (χ1) is 8.13.